The summed E-state index contributed by atoms with van der Waals surface area (Å²) < 4.78 is 1.21. The third-order valence-electron chi connectivity index (χ3n) is 1.62. The average Bonchev–Trinajstić information content (AvgIpc) is 2.47. The number of hydrogen-bond donors (Lipinski definition) is 1. The van der Waals surface area contributed by atoms with Crippen molar-refractivity contribution in [2.24, 2.45) is 7.05 Å². The number of aromatic nitrogens is 2. The molecule has 0 atom stereocenters. The maximum atomic E-state index is 10.6. The number of rotatable bonds is 3. The van der Waals surface area contributed by atoms with E-state index in [1.165, 1.54) is 17.9 Å². The lowest BCUT2D eigenvalue weighted by molar-refractivity contribution is -0.391. The predicted molar refractivity (Wildman–Crippen MR) is 51.8 cm³/mol. The second-order valence-corrected chi connectivity index (χ2v) is 2.54. The Morgan fingerprint density at radius 2 is 2.50 bits per heavy atom. The summed E-state index contributed by atoms with van der Waals surface area (Å²) in [4.78, 5) is 10.1. The average molecular weight is 194 g/mol. The molecular weight excluding hydrogens is 184 g/mol. The van der Waals surface area contributed by atoms with Crippen LogP contribution in [-0.4, -0.2) is 21.2 Å². The standard InChI is InChI=1S/C8H10N4O2/c1-3-4-5-9-7-6-10-11(2)8(7)12(13)14/h6,9H,5H2,1-2H3. The fourth-order valence-electron chi connectivity index (χ4n) is 1.00. The summed E-state index contributed by atoms with van der Waals surface area (Å²) in [5, 5.41) is 17.2. The highest BCUT2D eigenvalue weighted by molar-refractivity contribution is 5.56. The SMILES string of the molecule is CC#CCNc1cnn(C)c1[N+](=O)[O-]. The maximum Gasteiger partial charge on any atom is 0.368 e. The molecule has 14 heavy (non-hydrogen) atoms. The summed E-state index contributed by atoms with van der Waals surface area (Å²) in [6.07, 6.45) is 1.41. The molecule has 0 aromatic carbocycles. The molecule has 6 nitrogen and oxygen atoms in total. The van der Waals surface area contributed by atoms with Gasteiger partial charge in [0.1, 0.15) is 13.2 Å². The molecule has 0 saturated carbocycles. The third kappa shape index (κ3) is 2.01. The summed E-state index contributed by atoms with van der Waals surface area (Å²) in [5.74, 6) is 5.38. The normalized spacial score (nSPS) is 9.00. The van der Waals surface area contributed by atoms with E-state index in [0.717, 1.165) is 0 Å². The van der Waals surface area contributed by atoms with E-state index in [4.69, 9.17) is 0 Å². The van der Waals surface area contributed by atoms with E-state index in [0.29, 0.717) is 12.2 Å². The molecule has 1 rings (SSSR count). The Balaban J connectivity index is 2.84. The van der Waals surface area contributed by atoms with Crippen LogP contribution in [0.1, 0.15) is 6.92 Å². The van der Waals surface area contributed by atoms with Crippen molar-refractivity contribution in [1.29, 1.82) is 0 Å². The van der Waals surface area contributed by atoms with E-state index in [2.05, 4.69) is 22.3 Å². The first-order valence-electron chi connectivity index (χ1n) is 3.96. The summed E-state index contributed by atoms with van der Waals surface area (Å²) in [5.41, 5.74) is 0.389. The van der Waals surface area contributed by atoms with Gasteiger partial charge in [-0.15, -0.1) is 10.6 Å². The van der Waals surface area contributed by atoms with Gasteiger partial charge < -0.3 is 15.4 Å². The Morgan fingerprint density at radius 1 is 1.79 bits per heavy atom. The fraction of sp³-hybridized carbons (Fsp3) is 0.375. The van der Waals surface area contributed by atoms with E-state index in [1.54, 1.807) is 6.92 Å². The Kier molecular flexibility index (Phi) is 3.07. The predicted octanol–water partition coefficient (Wildman–Crippen LogP) is 0.763. The zero-order chi connectivity index (χ0) is 10.6. The molecule has 0 aliphatic heterocycles. The third-order valence-corrected chi connectivity index (χ3v) is 1.62. The molecule has 74 valence electrons. The molecule has 0 unspecified atom stereocenters. The number of anilines is 1. The first kappa shape index (κ1) is 10.1. The highest BCUT2D eigenvalue weighted by atomic mass is 16.6. The lowest BCUT2D eigenvalue weighted by Crippen LogP contribution is -2.03. The molecule has 0 aliphatic carbocycles. The zero-order valence-electron chi connectivity index (χ0n) is 7.94. The molecule has 0 fully saturated rings. The van der Waals surface area contributed by atoms with Crippen molar-refractivity contribution in [3.05, 3.63) is 16.3 Å². The van der Waals surface area contributed by atoms with Gasteiger partial charge in [-0.2, -0.15) is 0 Å². The van der Waals surface area contributed by atoms with Crippen molar-refractivity contribution in [3.8, 4) is 11.8 Å². The van der Waals surface area contributed by atoms with Crippen molar-refractivity contribution in [2.75, 3.05) is 11.9 Å². The number of aryl methyl sites for hydroxylation is 1. The largest absolute Gasteiger partial charge is 0.368 e. The highest BCUT2D eigenvalue weighted by Gasteiger charge is 2.17. The molecule has 1 heterocycles. The van der Waals surface area contributed by atoms with Crippen LogP contribution in [0.2, 0.25) is 0 Å². The van der Waals surface area contributed by atoms with Gasteiger partial charge in [-0.3, -0.25) is 0 Å². The quantitative estimate of drug-likeness (QED) is 0.438. The van der Waals surface area contributed by atoms with Crippen LogP contribution in [0.5, 0.6) is 0 Å². The minimum Gasteiger partial charge on any atom is -0.366 e. The Hall–Kier alpha value is -2.03. The minimum absolute atomic E-state index is 0.0529. The molecule has 0 bridgehead atoms. The second-order valence-electron chi connectivity index (χ2n) is 2.54. The molecule has 0 radical (unpaired) electrons. The van der Waals surface area contributed by atoms with Crippen molar-refractivity contribution < 1.29 is 4.92 Å². The van der Waals surface area contributed by atoms with Crippen LogP contribution in [0.25, 0.3) is 0 Å². The molecule has 1 N–H and O–H groups in total. The molecule has 0 aliphatic rings. The van der Waals surface area contributed by atoms with Gasteiger partial charge >= 0.3 is 5.82 Å². The van der Waals surface area contributed by atoms with Gasteiger partial charge in [0, 0.05) is 0 Å². The Labute approximate surface area is 81.1 Å². The van der Waals surface area contributed by atoms with Crippen LogP contribution in [0, 0.1) is 22.0 Å². The highest BCUT2D eigenvalue weighted by Crippen LogP contribution is 2.21. The van der Waals surface area contributed by atoms with Gasteiger partial charge in [-0.05, 0) is 11.8 Å². The molecule has 0 saturated heterocycles. The maximum absolute atomic E-state index is 10.6. The molecule has 1 aromatic heterocycles. The van der Waals surface area contributed by atoms with Crippen LogP contribution >= 0.6 is 0 Å². The van der Waals surface area contributed by atoms with Crippen LogP contribution in [-0.2, 0) is 7.05 Å². The van der Waals surface area contributed by atoms with E-state index in [-0.39, 0.29) is 5.82 Å². The summed E-state index contributed by atoms with van der Waals surface area (Å²) in [6, 6.07) is 0. The van der Waals surface area contributed by atoms with Crippen LogP contribution in [0.3, 0.4) is 0 Å². The number of nitrogens with one attached hydrogen (secondary N) is 1. The lowest BCUT2D eigenvalue weighted by atomic mass is 10.5. The molecule has 1 aromatic rings. The second kappa shape index (κ2) is 4.28. The van der Waals surface area contributed by atoms with Gasteiger partial charge in [0.2, 0.25) is 0 Å². The summed E-state index contributed by atoms with van der Waals surface area (Å²) in [7, 11) is 1.52. The van der Waals surface area contributed by atoms with E-state index in [1.807, 2.05) is 0 Å². The molecule has 6 heteroatoms. The minimum atomic E-state index is -0.477. The van der Waals surface area contributed by atoms with Crippen molar-refractivity contribution in [1.82, 2.24) is 9.78 Å². The summed E-state index contributed by atoms with van der Waals surface area (Å²) in [6.45, 7) is 2.09. The monoisotopic (exact) mass is 194 g/mol. The summed E-state index contributed by atoms with van der Waals surface area (Å²) >= 11 is 0. The Bertz CT molecular complexity index is 399. The number of hydrogen-bond acceptors (Lipinski definition) is 4. The first-order chi connectivity index (χ1) is 6.66. The smallest absolute Gasteiger partial charge is 0.366 e. The van der Waals surface area contributed by atoms with Gasteiger partial charge in [0.25, 0.3) is 0 Å². The van der Waals surface area contributed by atoms with E-state index < -0.39 is 4.92 Å². The first-order valence-corrected chi connectivity index (χ1v) is 3.96. The number of nitrogens with zero attached hydrogens (tertiary/aromatic N) is 3. The number of nitro groups is 1. The van der Waals surface area contributed by atoms with Gasteiger partial charge in [0.15, 0.2) is 5.69 Å². The van der Waals surface area contributed by atoms with E-state index in [9.17, 15) is 10.1 Å². The van der Waals surface area contributed by atoms with Crippen molar-refractivity contribution in [3.63, 3.8) is 0 Å². The fourth-order valence-corrected chi connectivity index (χ4v) is 1.00. The molecule has 0 amide bonds. The van der Waals surface area contributed by atoms with Gasteiger partial charge in [-0.1, -0.05) is 11.0 Å². The zero-order valence-corrected chi connectivity index (χ0v) is 7.94. The van der Waals surface area contributed by atoms with Crippen molar-refractivity contribution in [2.45, 2.75) is 6.92 Å². The van der Waals surface area contributed by atoms with Crippen molar-refractivity contribution >= 4 is 11.5 Å². The van der Waals surface area contributed by atoms with Gasteiger partial charge in [0.05, 0.1) is 6.54 Å². The molecule has 0 spiro atoms. The van der Waals surface area contributed by atoms with Crippen LogP contribution in [0.4, 0.5) is 11.5 Å². The lowest BCUT2D eigenvalue weighted by Gasteiger charge is -1.98. The van der Waals surface area contributed by atoms with Gasteiger partial charge in [-0.25, -0.2) is 0 Å². The molecular formula is C8H10N4O2. The Morgan fingerprint density at radius 3 is 3.07 bits per heavy atom. The van der Waals surface area contributed by atoms with E-state index >= 15 is 0 Å². The van der Waals surface area contributed by atoms with Crippen LogP contribution in [0.15, 0.2) is 6.20 Å². The topological polar surface area (TPSA) is 73.0 Å². The van der Waals surface area contributed by atoms with Crippen LogP contribution < -0.4 is 5.32 Å².